The van der Waals surface area contributed by atoms with Gasteiger partial charge >= 0.3 is 0 Å². The van der Waals surface area contributed by atoms with Crippen molar-refractivity contribution in [1.29, 1.82) is 0 Å². The van der Waals surface area contributed by atoms with Crippen molar-refractivity contribution in [3.8, 4) is 0 Å². The molecule has 2 rings (SSSR count). The van der Waals surface area contributed by atoms with Crippen LogP contribution in [0, 0.1) is 19.8 Å². The SMILES string of the molecule is Cc1noc(C)c1CC(=O)NC(C)C1CCCNC1. The van der Waals surface area contributed by atoms with Gasteiger partial charge in [-0.15, -0.1) is 0 Å². The van der Waals surface area contributed by atoms with E-state index in [0.29, 0.717) is 12.3 Å². The highest BCUT2D eigenvalue weighted by Gasteiger charge is 2.22. The smallest absolute Gasteiger partial charge is 0.224 e. The van der Waals surface area contributed by atoms with E-state index >= 15 is 0 Å². The van der Waals surface area contributed by atoms with Gasteiger partial charge in [0, 0.05) is 11.6 Å². The number of nitrogens with one attached hydrogen (secondary N) is 2. The lowest BCUT2D eigenvalue weighted by Crippen LogP contribution is -2.45. The Labute approximate surface area is 114 Å². The highest BCUT2D eigenvalue weighted by atomic mass is 16.5. The highest BCUT2D eigenvalue weighted by Crippen LogP contribution is 2.16. The molecule has 5 heteroatoms. The Bertz CT molecular complexity index is 416. The summed E-state index contributed by atoms with van der Waals surface area (Å²) in [7, 11) is 0. The number of carbonyl (C=O) groups excluding carboxylic acids is 1. The third kappa shape index (κ3) is 3.56. The number of piperidine rings is 1. The molecule has 0 bridgehead atoms. The van der Waals surface area contributed by atoms with E-state index in [1.165, 1.54) is 12.8 Å². The second kappa shape index (κ2) is 6.19. The first-order valence-electron chi connectivity index (χ1n) is 6.99. The molecule has 19 heavy (non-hydrogen) atoms. The summed E-state index contributed by atoms with van der Waals surface area (Å²) in [4.78, 5) is 12.1. The molecule has 1 aromatic heterocycles. The zero-order valence-corrected chi connectivity index (χ0v) is 12.0. The van der Waals surface area contributed by atoms with Gasteiger partial charge in [-0.1, -0.05) is 5.16 Å². The summed E-state index contributed by atoms with van der Waals surface area (Å²) >= 11 is 0. The average molecular weight is 265 g/mol. The van der Waals surface area contributed by atoms with Gasteiger partial charge in [-0.25, -0.2) is 0 Å². The third-order valence-electron chi connectivity index (χ3n) is 3.95. The van der Waals surface area contributed by atoms with Gasteiger partial charge < -0.3 is 15.2 Å². The minimum atomic E-state index is 0.0486. The minimum absolute atomic E-state index is 0.0486. The molecule has 106 valence electrons. The molecule has 1 aliphatic heterocycles. The van der Waals surface area contributed by atoms with E-state index in [2.05, 4.69) is 22.7 Å². The summed E-state index contributed by atoms with van der Waals surface area (Å²) in [6.07, 6.45) is 2.72. The lowest BCUT2D eigenvalue weighted by atomic mass is 9.92. The van der Waals surface area contributed by atoms with Crippen molar-refractivity contribution >= 4 is 5.91 Å². The number of rotatable bonds is 4. The molecule has 2 unspecified atom stereocenters. The van der Waals surface area contributed by atoms with E-state index in [0.717, 1.165) is 30.1 Å². The van der Waals surface area contributed by atoms with Crippen LogP contribution < -0.4 is 10.6 Å². The van der Waals surface area contributed by atoms with Crippen molar-refractivity contribution in [2.45, 2.75) is 46.1 Å². The van der Waals surface area contributed by atoms with Crippen molar-refractivity contribution in [3.05, 3.63) is 17.0 Å². The van der Waals surface area contributed by atoms with Gasteiger partial charge in [0.25, 0.3) is 0 Å². The molecule has 1 aromatic rings. The fraction of sp³-hybridized carbons (Fsp3) is 0.714. The predicted molar refractivity (Wildman–Crippen MR) is 72.9 cm³/mol. The summed E-state index contributed by atoms with van der Waals surface area (Å²) < 4.78 is 5.08. The Balaban J connectivity index is 1.87. The summed E-state index contributed by atoms with van der Waals surface area (Å²) in [6.45, 7) is 7.89. The van der Waals surface area contributed by atoms with E-state index in [9.17, 15) is 4.79 Å². The van der Waals surface area contributed by atoms with Crippen LogP contribution in [0.15, 0.2) is 4.52 Å². The number of aromatic nitrogens is 1. The fourth-order valence-electron chi connectivity index (χ4n) is 2.64. The van der Waals surface area contributed by atoms with Gasteiger partial charge in [0.2, 0.25) is 5.91 Å². The molecule has 2 atom stereocenters. The molecule has 2 N–H and O–H groups in total. The van der Waals surface area contributed by atoms with Crippen LogP contribution in [0.25, 0.3) is 0 Å². The van der Waals surface area contributed by atoms with Gasteiger partial charge in [0.15, 0.2) is 0 Å². The van der Waals surface area contributed by atoms with E-state index in [1.54, 1.807) is 0 Å². The van der Waals surface area contributed by atoms with E-state index in [1.807, 2.05) is 13.8 Å². The zero-order valence-electron chi connectivity index (χ0n) is 12.0. The predicted octanol–water partition coefficient (Wildman–Crippen LogP) is 1.34. The van der Waals surface area contributed by atoms with Crippen LogP contribution in [-0.4, -0.2) is 30.2 Å². The van der Waals surface area contributed by atoms with Crippen LogP contribution in [0.3, 0.4) is 0 Å². The first kappa shape index (κ1) is 14.1. The Hall–Kier alpha value is -1.36. The lowest BCUT2D eigenvalue weighted by Gasteiger charge is -2.28. The monoisotopic (exact) mass is 265 g/mol. The maximum absolute atomic E-state index is 12.1. The molecular weight excluding hydrogens is 242 g/mol. The molecule has 1 fully saturated rings. The largest absolute Gasteiger partial charge is 0.361 e. The summed E-state index contributed by atoms with van der Waals surface area (Å²) in [5.74, 6) is 1.31. The third-order valence-corrected chi connectivity index (χ3v) is 3.95. The Morgan fingerprint density at radius 1 is 1.58 bits per heavy atom. The maximum Gasteiger partial charge on any atom is 0.224 e. The molecule has 0 radical (unpaired) electrons. The molecule has 0 aromatic carbocycles. The standard InChI is InChI=1S/C14H23N3O2/c1-9(12-5-4-6-15-8-12)16-14(18)7-13-10(2)17-19-11(13)3/h9,12,15H,4-8H2,1-3H3,(H,16,18). The zero-order chi connectivity index (χ0) is 13.8. The lowest BCUT2D eigenvalue weighted by molar-refractivity contribution is -0.121. The van der Waals surface area contributed by atoms with Crippen LogP contribution in [0.2, 0.25) is 0 Å². The van der Waals surface area contributed by atoms with Crippen LogP contribution >= 0.6 is 0 Å². The number of amides is 1. The summed E-state index contributed by atoms with van der Waals surface area (Å²) in [5, 5.41) is 10.3. The molecule has 1 aliphatic rings. The Morgan fingerprint density at radius 2 is 2.37 bits per heavy atom. The topological polar surface area (TPSA) is 67.2 Å². The van der Waals surface area contributed by atoms with Crippen molar-refractivity contribution in [3.63, 3.8) is 0 Å². The van der Waals surface area contributed by atoms with Gasteiger partial charge in [0.1, 0.15) is 5.76 Å². The van der Waals surface area contributed by atoms with Gasteiger partial charge in [-0.2, -0.15) is 0 Å². The molecular formula is C14H23N3O2. The van der Waals surface area contributed by atoms with Crippen LogP contribution in [0.5, 0.6) is 0 Å². The second-order valence-electron chi connectivity index (χ2n) is 5.44. The van der Waals surface area contributed by atoms with Crippen LogP contribution in [0.4, 0.5) is 0 Å². The fourth-order valence-corrected chi connectivity index (χ4v) is 2.64. The van der Waals surface area contributed by atoms with Crippen molar-refractivity contribution in [1.82, 2.24) is 15.8 Å². The van der Waals surface area contributed by atoms with Gasteiger partial charge in [0.05, 0.1) is 12.1 Å². The number of hydrogen-bond acceptors (Lipinski definition) is 4. The normalized spacial score (nSPS) is 21.1. The van der Waals surface area contributed by atoms with Gasteiger partial charge in [-0.3, -0.25) is 4.79 Å². The first-order chi connectivity index (χ1) is 9.08. The van der Waals surface area contributed by atoms with Gasteiger partial charge in [-0.05, 0) is 52.6 Å². The number of hydrogen-bond donors (Lipinski definition) is 2. The van der Waals surface area contributed by atoms with Crippen LogP contribution in [0.1, 0.15) is 36.8 Å². The molecule has 0 aliphatic carbocycles. The van der Waals surface area contributed by atoms with E-state index in [4.69, 9.17) is 4.52 Å². The number of nitrogens with zero attached hydrogens (tertiary/aromatic N) is 1. The number of carbonyl (C=O) groups is 1. The van der Waals surface area contributed by atoms with Crippen molar-refractivity contribution < 1.29 is 9.32 Å². The minimum Gasteiger partial charge on any atom is -0.361 e. The van der Waals surface area contributed by atoms with Crippen LogP contribution in [-0.2, 0) is 11.2 Å². The quantitative estimate of drug-likeness (QED) is 0.862. The number of aryl methyl sites for hydroxylation is 2. The van der Waals surface area contributed by atoms with Crippen molar-refractivity contribution in [2.75, 3.05) is 13.1 Å². The molecule has 0 saturated carbocycles. The molecule has 0 spiro atoms. The molecule has 1 saturated heterocycles. The van der Waals surface area contributed by atoms with E-state index in [-0.39, 0.29) is 11.9 Å². The first-order valence-corrected chi connectivity index (χ1v) is 6.99. The van der Waals surface area contributed by atoms with E-state index < -0.39 is 0 Å². The maximum atomic E-state index is 12.1. The molecule has 5 nitrogen and oxygen atoms in total. The average Bonchev–Trinajstić information content (AvgIpc) is 2.71. The Kier molecular flexibility index (Phi) is 4.58. The molecule has 1 amide bonds. The second-order valence-corrected chi connectivity index (χ2v) is 5.44. The highest BCUT2D eigenvalue weighted by molar-refractivity contribution is 5.79. The van der Waals surface area contributed by atoms with Crippen molar-refractivity contribution in [2.24, 2.45) is 5.92 Å². The molecule has 2 heterocycles. The summed E-state index contributed by atoms with van der Waals surface area (Å²) in [6, 6.07) is 0.209. The summed E-state index contributed by atoms with van der Waals surface area (Å²) in [5.41, 5.74) is 1.71. The Morgan fingerprint density at radius 3 is 2.95 bits per heavy atom.